The van der Waals surface area contributed by atoms with Crippen molar-refractivity contribution in [1.82, 2.24) is 0 Å². The van der Waals surface area contributed by atoms with E-state index in [1.807, 2.05) is 0 Å². The molecule has 0 heterocycles. The van der Waals surface area contributed by atoms with Gasteiger partial charge in [0, 0.05) is 0 Å². The fourth-order valence-electron chi connectivity index (χ4n) is 5.96. The van der Waals surface area contributed by atoms with Crippen molar-refractivity contribution in [3.63, 3.8) is 0 Å². The molecule has 0 bridgehead atoms. The zero-order chi connectivity index (χ0) is 22.5. The Kier molecular flexibility index (Phi) is 8.08. The van der Waals surface area contributed by atoms with Gasteiger partial charge in [-0.3, -0.25) is 0 Å². The first-order valence-electron chi connectivity index (χ1n) is 11.9. The van der Waals surface area contributed by atoms with Gasteiger partial charge in [-0.1, -0.05) is 0 Å². The van der Waals surface area contributed by atoms with Gasteiger partial charge in [0.15, 0.2) is 0 Å². The van der Waals surface area contributed by atoms with Gasteiger partial charge in [-0.2, -0.15) is 0 Å². The van der Waals surface area contributed by atoms with E-state index in [-0.39, 0.29) is 30.2 Å². The Morgan fingerprint density at radius 2 is 1.37 bits per heavy atom. The van der Waals surface area contributed by atoms with Crippen LogP contribution in [0.1, 0.15) is 36.4 Å². The standard InChI is InChI=1S/C20H15.C9H7.C2H6Si.2ClH.Zr/c1-14-12-16-8-5-11-19(20(16)13-14)18-10-4-7-15-6-2-3-9-17(15)18;1-2-5-9-7-3-6-8(9)4-1;1-3-2;;;/h2-13H,1H3;1-7H;1-2H3;2*1H;/q;;;;;+2/p-2. The quantitative estimate of drug-likeness (QED) is 0.322. The van der Waals surface area contributed by atoms with Crippen molar-refractivity contribution in [3.8, 4) is 11.1 Å². The first kappa shape index (κ1) is 26.4. The van der Waals surface area contributed by atoms with E-state index in [1.54, 1.807) is 16.7 Å². The fraction of sp³-hybridized carbons (Fsp3) is 0.161. The largest absolute Gasteiger partial charge is 1.00 e. The molecule has 0 N–H and O–H groups in total. The third-order valence-corrected chi connectivity index (χ3v) is 26.9. The summed E-state index contributed by atoms with van der Waals surface area (Å²) in [6, 6.07) is 31.8. The number of benzene rings is 4. The Hall–Kier alpha value is -1.70. The van der Waals surface area contributed by atoms with Crippen LogP contribution in [0.15, 0.2) is 96.6 Å². The van der Waals surface area contributed by atoms with Gasteiger partial charge >= 0.3 is 206 Å². The summed E-state index contributed by atoms with van der Waals surface area (Å²) in [5, 5.41) is 2.67. The SMILES string of the molecule is CC1=Cc2c(-c3cccc4ccccc34)cccc2[CH]1[Zr+2]([CH]1C=Cc2ccccc21)=[Si](C)C.[Cl-].[Cl-]. The summed E-state index contributed by atoms with van der Waals surface area (Å²) < 4.78 is 1.38. The van der Waals surface area contributed by atoms with Crippen LogP contribution in [0.4, 0.5) is 0 Å². The van der Waals surface area contributed by atoms with Crippen LogP contribution in [-0.4, -0.2) is 5.43 Å². The van der Waals surface area contributed by atoms with E-state index in [4.69, 9.17) is 0 Å². The molecular weight excluding hydrogens is 563 g/mol. The molecule has 6 rings (SSSR count). The maximum atomic E-state index is 2.59. The summed E-state index contributed by atoms with van der Waals surface area (Å²) in [7, 11) is 0. The van der Waals surface area contributed by atoms with E-state index < -0.39 is 20.4 Å². The number of allylic oxidation sites excluding steroid dienone is 2. The van der Waals surface area contributed by atoms with Crippen LogP contribution in [0.25, 0.3) is 34.1 Å². The molecule has 0 amide bonds. The number of rotatable bonds is 3. The van der Waals surface area contributed by atoms with Crippen molar-refractivity contribution in [2.24, 2.45) is 0 Å². The van der Waals surface area contributed by atoms with Crippen molar-refractivity contribution in [3.05, 3.63) is 119 Å². The maximum absolute atomic E-state index is 2.59. The predicted molar refractivity (Wildman–Crippen MR) is 141 cm³/mol. The minimum absolute atomic E-state index is 0. The topological polar surface area (TPSA) is 0 Å². The number of fused-ring (bicyclic) bond motifs is 3. The third kappa shape index (κ3) is 4.49. The van der Waals surface area contributed by atoms with Crippen molar-refractivity contribution >= 4 is 28.4 Å². The molecule has 4 aromatic rings. The Bertz CT molecular complexity index is 1510. The maximum Gasteiger partial charge on any atom is -1.00 e. The summed E-state index contributed by atoms with van der Waals surface area (Å²) in [5.41, 5.74) is 10.2. The average molecular weight is 591 g/mol. The number of hydrogen-bond donors (Lipinski definition) is 0. The Morgan fingerprint density at radius 1 is 0.714 bits per heavy atom. The molecule has 0 radical (unpaired) electrons. The molecule has 0 saturated heterocycles. The van der Waals surface area contributed by atoms with Crippen LogP contribution in [0, 0.1) is 0 Å². The summed E-state index contributed by atoms with van der Waals surface area (Å²) in [6.07, 6.45) is 7.50. The third-order valence-electron chi connectivity index (χ3n) is 7.38. The number of halogens is 2. The molecule has 0 nitrogen and oxygen atoms in total. The average Bonchev–Trinajstić information content (AvgIpc) is 3.40. The van der Waals surface area contributed by atoms with Crippen LogP contribution >= 0.6 is 0 Å². The molecule has 35 heavy (non-hydrogen) atoms. The normalized spacial score (nSPS) is 16.9. The van der Waals surface area contributed by atoms with Crippen LogP contribution in [-0.2, 0) is 20.4 Å². The Balaban J connectivity index is 0.00000144. The Morgan fingerprint density at radius 3 is 2.20 bits per heavy atom. The molecule has 174 valence electrons. The van der Waals surface area contributed by atoms with Gasteiger partial charge in [0.2, 0.25) is 0 Å². The van der Waals surface area contributed by atoms with Gasteiger partial charge in [0.05, 0.1) is 0 Å². The second kappa shape index (κ2) is 10.7. The monoisotopic (exact) mass is 588 g/mol. The zero-order valence-corrected chi connectivity index (χ0v) is 25.2. The second-order valence-corrected chi connectivity index (χ2v) is 27.6. The van der Waals surface area contributed by atoms with Gasteiger partial charge in [-0.05, 0) is 0 Å². The fourth-order valence-corrected chi connectivity index (χ4v) is 25.7. The van der Waals surface area contributed by atoms with Crippen molar-refractivity contribution in [1.29, 1.82) is 0 Å². The van der Waals surface area contributed by atoms with Crippen LogP contribution in [0.2, 0.25) is 13.1 Å². The van der Waals surface area contributed by atoms with Crippen molar-refractivity contribution in [2.75, 3.05) is 0 Å². The van der Waals surface area contributed by atoms with Gasteiger partial charge in [-0.25, -0.2) is 0 Å². The van der Waals surface area contributed by atoms with Crippen LogP contribution in [0.5, 0.6) is 0 Å². The van der Waals surface area contributed by atoms with Crippen molar-refractivity contribution < 1.29 is 45.2 Å². The van der Waals surface area contributed by atoms with E-state index in [1.165, 1.54) is 33.0 Å². The molecule has 0 spiro atoms. The minimum atomic E-state index is -1.91. The van der Waals surface area contributed by atoms with E-state index in [2.05, 4.69) is 123 Å². The Labute approximate surface area is 229 Å². The molecule has 2 aliphatic rings. The zero-order valence-electron chi connectivity index (χ0n) is 20.2. The van der Waals surface area contributed by atoms with E-state index in [0.717, 1.165) is 0 Å². The van der Waals surface area contributed by atoms with Gasteiger partial charge in [0.25, 0.3) is 0 Å². The van der Waals surface area contributed by atoms with Crippen molar-refractivity contribution in [2.45, 2.75) is 27.3 Å². The molecule has 4 heteroatoms. The first-order chi connectivity index (χ1) is 16.1. The summed E-state index contributed by atoms with van der Waals surface area (Å²) in [5.74, 6) is 0. The molecule has 2 atom stereocenters. The van der Waals surface area contributed by atoms with Crippen LogP contribution < -0.4 is 24.8 Å². The molecule has 4 aromatic carbocycles. The summed E-state index contributed by atoms with van der Waals surface area (Å²) >= 11 is -1.91. The minimum Gasteiger partial charge on any atom is -1.00 e. The number of hydrogen-bond acceptors (Lipinski definition) is 0. The molecule has 2 unspecified atom stereocenters. The molecule has 0 fully saturated rings. The van der Waals surface area contributed by atoms with Gasteiger partial charge in [-0.15, -0.1) is 0 Å². The molecule has 0 saturated carbocycles. The van der Waals surface area contributed by atoms with E-state index in [0.29, 0.717) is 7.25 Å². The van der Waals surface area contributed by atoms with E-state index >= 15 is 0 Å². The molecule has 0 aromatic heterocycles. The molecule has 0 aliphatic heterocycles. The summed E-state index contributed by atoms with van der Waals surface area (Å²) in [6.45, 7) is 7.59. The van der Waals surface area contributed by atoms with E-state index in [9.17, 15) is 0 Å². The molecule has 2 aliphatic carbocycles. The van der Waals surface area contributed by atoms with Gasteiger partial charge in [0.1, 0.15) is 0 Å². The van der Waals surface area contributed by atoms with Crippen LogP contribution in [0.3, 0.4) is 0 Å². The summed E-state index contributed by atoms with van der Waals surface area (Å²) in [4.78, 5) is 0. The second-order valence-electron chi connectivity index (χ2n) is 9.58. The smallest absolute Gasteiger partial charge is 1.00 e. The predicted octanol–water partition coefficient (Wildman–Crippen LogP) is 2.61. The first-order valence-corrected chi connectivity index (χ1v) is 20.9. The molecular formula is C31H28Cl2SiZr. The van der Waals surface area contributed by atoms with Gasteiger partial charge < -0.3 is 24.8 Å².